The Morgan fingerprint density at radius 3 is 2.66 bits per heavy atom. The first kappa shape index (κ1) is 23.4. The van der Waals surface area contributed by atoms with E-state index in [1.54, 1.807) is 18.0 Å². The Bertz CT molecular complexity index is 1270. The Kier molecular flexibility index (Phi) is 5.83. The molecule has 2 aliphatic rings. The number of fused-ring (bicyclic) bond motifs is 3. The lowest BCUT2D eigenvalue weighted by atomic mass is 9.98. The van der Waals surface area contributed by atoms with Gasteiger partial charge in [-0.25, -0.2) is 4.98 Å². The maximum Gasteiger partial charge on any atom is 0.274 e. The maximum atomic E-state index is 13.9. The summed E-state index contributed by atoms with van der Waals surface area (Å²) in [4.78, 5) is 20.8. The molecule has 9 nitrogen and oxygen atoms in total. The number of morpholine rings is 1. The van der Waals surface area contributed by atoms with Crippen LogP contribution in [0.15, 0.2) is 24.4 Å². The van der Waals surface area contributed by atoms with Crippen molar-refractivity contribution in [3.63, 3.8) is 0 Å². The maximum absolute atomic E-state index is 13.9. The number of hydrogen-bond donors (Lipinski definition) is 0. The highest BCUT2D eigenvalue weighted by Gasteiger charge is 2.38. The quantitative estimate of drug-likeness (QED) is 0.558. The molecule has 0 atom stereocenters. The summed E-state index contributed by atoms with van der Waals surface area (Å²) in [5, 5.41) is 4.36. The van der Waals surface area contributed by atoms with Crippen LogP contribution in [-0.4, -0.2) is 68.6 Å². The van der Waals surface area contributed by atoms with Crippen LogP contribution in [0.4, 0.5) is 0 Å². The Labute approximate surface area is 205 Å². The van der Waals surface area contributed by atoms with Crippen LogP contribution in [-0.2, 0) is 24.6 Å². The molecule has 35 heavy (non-hydrogen) atoms. The van der Waals surface area contributed by atoms with Gasteiger partial charge >= 0.3 is 0 Å². The monoisotopic (exact) mass is 479 g/mol. The predicted molar refractivity (Wildman–Crippen MR) is 131 cm³/mol. The fourth-order valence-electron chi connectivity index (χ4n) is 5.00. The van der Waals surface area contributed by atoms with Gasteiger partial charge in [0.05, 0.1) is 43.3 Å². The Morgan fingerprint density at radius 2 is 2.00 bits per heavy atom. The van der Waals surface area contributed by atoms with Crippen molar-refractivity contribution in [3.05, 3.63) is 41.3 Å². The van der Waals surface area contributed by atoms with Crippen LogP contribution in [0.5, 0.6) is 11.5 Å². The van der Waals surface area contributed by atoms with Crippen LogP contribution in [0.1, 0.15) is 49.4 Å². The van der Waals surface area contributed by atoms with Gasteiger partial charge in [0.1, 0.15) is 5.69 Å². The number of carbonyl (C=O) groups is 1. The van der Waals surface area contributed by atoms with Gasteiger partial charge in [0.25, 0.3) is 5.91 Å². The molecule has 0 N–H and O–H groups in total. The number of methoxy groups -OCH3 is 1. The minimum atomic E-state index is -0.406. The average Bonchev–Trinajstić information content (AvgIpc) is 3.40. The summed E-state index contributed by atoms with van der Waals surface area (Å²) in [5.41, 5.74) is 3.90. The number of nitrogens with zero attached hydrogens (tertiary/aromatic N) is 5. The first-order chi connectivity index (χ1) is 16.7. The van der Waals surface area contributed by atoms with Crippen LogP contribution in [0.3, 0.4) is 0 Å². The summed E-state index contributed by atoms with van der Waals surface area (Å²) in [7, 11) is 3.54. The Morgan fingerprint density at radius 1 is 1.20 bits per heavy atom. The fourth-order valence-corrected chi connectivity index (χ4v) is 5.00. The average molecular weight is 480 g/mol. The van der Waals surface area contributed by atoms with Gasteiger partial charge in [-0.3, -0.25) is 14.0 Å². The third-order valence-electron chi connectivity index (χ3n) is 6.72. The molecular formula is C26H33N5O4. The van der Waals surface area contributed by atoms with E-state index in [2.05, 4.69) is 9.67 Å². The summed E-state index contributed by atoms with van der Waals surface area (Å²) in [6.07, 6.45) is 3.20. The van der Waals surface area contributed by atoms with Crippen LogP contribution >= 0.6 is 0 Å². The minimum Gasteiger partial charge on any atom is -0.493 e. The highest BCUT2D eigenvalue weighted by molar-refractivity contribution is 5.95. The van der Waals surface area contributed by atoms with Crippen molar-refractivity contribution in [2.75, 3.05) is 26.9 Å². The molecule has 0 bridgehead atoms. The SMILES string of the molecule is COc1cc2c(cc1OC(C)C)-n1c(-c3ccnn3C)nc(C(=O)N3CCOCC3(C)C)c1CC2. The van der Waals surface area contributed by atoms with Crippen LogP contribution in [0.2, 0.25) is 0 Å². The zero-order valence-electron chi connectivity index (χ0n) is 21.3. The molecule has 1 saturated heterocycles. The number of imidazole rings is 1. The largest absolute Gasteiger partial charge is 0.493 e. The molecule has 186 valence electrons. The number of aromatic nitrogens is 4. The molecule has 1 fully saturated rings. The van der Waals surface area contributed by atoms with Crippen molar-refractivity contribution in [1.29, 1.82) is 0 Å². The van der Waals surface area contributed by atoms with Gasteiger partial charge in [-0.1, -0.05) is 0 Å². The van der Waals surface area contributed by atoms with Gasteiger partial charge in [-0.2, -0.15) is 5.10 Å². The lowest BCUT2D eigenvalue weighted by Crippen LogP contribution is -2.55. The lowest BCUT2D eigenvalue weighted by Gasteiger charge is -2.41. The van der Waals surface area contributed by atoms with Crippen molar-refractivity contribution in [1.82, 2.24) is 24.2 Å². The summed E-state index contributed by atoms with van der Waals surface area (Å²) in [5.74, 6) is 2.00. The van der Waals surface area contributed by atoms with E-state index in [9.17, 15) is 4.79 Å². The Hall–Kier alpha value is -3.33. The van der Waals surface area contributed by atoms with Gasteiger partial charge in [-0.15, -0.1) is 0 Å². The van der Waals surface area contributed by atoms with Crippen LogP contribution in [0, 0.1) is 0 Å². The third-order valence-corrected chi connectivity index (χ3v) is 6.72. The molecule has 5 rings (SSSR count). The lowest BCUT2D eigenvalue weighted by molar-refractivity contribution is -0.0373. The third kappa shape index (κ3) is 3.97. The van der Waals surface area contributed by atoms with Gasteiger partial charge < -0.3 is 19.1 Å². The zero-order valence-corrected chi connectivity index (χ0v) is 21.3. The van der Waals surface area contributed by atoms with Crippen molar-refractivity contribution >= 4 is 5.91 Å². The zero-order chi connectivity index (χ0) is 24.9. The molecule has 0 spiro atoms. The van der Waals surface area contributed by atoms with Crippen molar-refractivity contribution in [2.24, 2.45) is 7.05 Å². The summed E-state index contributed by atoms with van der Waals surface area (Å²) < 4.78 is 21.2. The molecule has 1 amide bonds. The first-order valence-corrected chi connectivity index (χ1v) is 12.1. The smallest absolute Gasteiger partial charge is 0.274 e. The van der Waals surface area contributed by atoms with E-state index in [1.807, 2.05) is 57.8 Å². The second-order valence-corrected chi connectivity index (χ2v) is 10.0. The van der Waals surface area contributed by atoms with Crippen LogP contribution < -0.4 is 9.47 Å². The number of carbonyl (C=O) groups excluding carboxylic acids is 1. The fraction of sp³-hybridized carbons (Fsp3) is 0.500. The highest BCUT2D eigenvalue weighted by atomic mass is 16.5. The first-order valence-electron chi connectivity index (χ1n) is 12.1. The number of amides is 1. The number of aryl methyl sites for hydroxylation is 2. The topological polar surface area (TPSA) is 83.6 Å². The van der Waals surface area contributed by atoms with Crippen molar-refractivity contribution in [2.45, 2.75) is 52.2 Å². The summed E-state index contributed by atoms with van der Waals surface area (Å²) in [6.45, 7) is 9.62. The molecule has 0 aliphatic carbocycles. The molecule has 9 heteroatoms. The molecule has 0 radical (unpaired) electrons. The number of rotatable bonds is 5. The van der Waals surface area contributed by atoms with Crippen molar-refractivity contribution < 1.29 is 19.0 Å². The van der Waals surface area contributed by atoms with Crippen molar-refractivity contribution in [3.8, 4) is 28.7 Å². The molecule has 1 aromatic carbocycles. The summed E-state index contributed by atoms with van der Waals surface area (Å²) in [6, 6.07) is 5.97. The molecule has 3 aromatic rings. The molecule has 0 saturated carbocycles. The van der Waals surface area contributed by atoms with E-state index in [1.165, 1.54) is 0 Å². The van der Waals surface area contributed by atoms with E-state index in [0.717, 1.165) is 29.1 Å². The van der Waals surface area contributed by atoms with E-state index in [0.29, 0.717) is 49.2 Å². The normalized spacial score (nSPS) is 16.7. The van der Waals surface area contributed by atoms with Gasteiger partial charge in [0.2, 0.25) is 0 Å². The second kappa shape index (κ2) is 8.71. The van der Waals surface area contributed by atoms with E-state index in [-0.39, 0.29) is 12.0 Å². The predicted octanol–water partition coefficient (Wildman–Crippen LogP) is 3.42. The van der Waals surface area contributed by atoms with Gasteiger partial charge in [0, 0.05) is 25.9 Å². The molecule has 2 aliphatic heterocycles. The summed E-state index contributed by atoms with van der Waals surface area (Å²) >= 11 is 0. The van der Waals surface area contributed by atoms with Crippen LogP contribution in [0.25, 0.3) is 17.2 Å². The van der Waals surface area contributed by atoms with Gasteiger partial charge in [0.15, 0.2) is 23.0 Å². The number of hydrogen-bond acceptors (Lipinski definition) is 6. The Balaban J connectivity index is 1.71. The molecule has 2 aromatic heterocycles. The minimum absolute atomic E-state index is 0.00923. The van der Waals surface area contributed by atoms with Gasteiger partial charge in [-0.05, 0) is 58.2 Å². The molecular weight excluding hydrogens is 446 g/mol. The number of benzene rings is 1. The van der Waals surface area contributed by atoms with E-state index in [4.69, 9.17) is 19.2 Å². The van der Waals surface area contributed by atoms with E-state index < -0.39 is 5.54 Å². The number of ether oxygens (including phenoxy) is 3. The molecule has 0 unspecified atom stereocenters. The second-order valence-electron chi connectivity index (χ2n) is 10.0. The molecule has 4 heterocycles. The highest BCUT2D eigenvalue weighted by Crippen LogP contribution is 2.40. The standard InChI is InChI=1S/C26H33N5O4/c1-16(2)35-22-14-20-17(13-21(22)33-6)7-8-18-23(25(32)30-11-12-34-15-26(30,3)4)28-24(31(18)20)19-9-10-27-29(19)5/h9-10,13-14,16H,7-8,11-12,15H2,1-6H3. The van der Waals surface area contributed by atoms with E-state index >= 15 is 0 Å².